The molecule has 1 saturated heterocycles. The molecule has 0 radical (unpaired) electrons. The van der Waals surface area contributed by atoms with Gasteiger partial charge in [0.15, 0.2) is 5.82 Å². The van der Waals surface area contributed by atoms with E-state index in [2.05, 4.69) is 4.98 Å². The summed E-state index contributed by atoms with van der Waals surface area (Å²) in [6.07, 6.45) is 0.872. The second-order valence-corrected chi connectivity index (χ2v) is 7.02. The number of hydrogen-bond donors (Lipinski definition) is 1. The Morgan fingerprint density at radius 1 is 1.42 bits per heavy atom. The Labute approximate surface area is 143 Å². The number of hydrogen-bond acceptors (Lipinski definition) is 5. The first-order chi connectivity index (χ1) is 11.6. The van der Waals surface area contributed by atoms with Crippen molar-refractivity contribution in [3.63, 3.8) is 0 Å². The summed E-state index contributed by atoms with van der Waals surface area (Å²) >= 11 is 1.55. The Bertz CT molecular complexity index is 899. The van der Waals surface area contributed by atoms with Crippen LogP contribution in [0.2, 0.25) is 0 Å². The van der Waals surface area contributed by atoms with Gasteiger partial charge in [-0.1, -0.05) is 12.1 Å². The van der Waals surface area contributed by atoms with Gasteiger partial charge in [-0.25, -0.2) is 9.97 Å². The van der Waals surface area contributed by atoms with Crippen LogP contribution in [0.4, 0.5) is 0 Å². The number of likely N-dealkylation sites (tertiary alicyclic amines) is 1. The van der Waals surface area contributed by atoms with Gasteiger partial charge in [0.05, 0.1) is 27.1 Å². The van der Waals surface area contributed by atoms with Crippen LogP contribution in [0, 0.1) is 6.92 Å². The highest BCUT2D eigenvalue weighted by Crippen LogP contribution is 2.30. The topological polar surface area (TPSA) is 77.0 Å². The van der Waals surface area contributed by atoms with E-state index in [-0.39, 0.29) is 18.5 Å². The molecule has 1 amide bonds. The summed E-state index contributed by atoms with van der Waals surface area (Å²) in [4.78, 5) is 24.7. The number of benzene rings is 1. The molecule has 0 aliphatic carbocycles. The molecule has 2 N–H and O–H groups in total. The second kappa shape index (κ2) is 5.99. The van der Waals surface area contributed by atoms with Crippen LogP contribution in [0.3, 0.4) is 0 Å². The molecule has 1 aliphatic rings. The molecule has 3 aromatic rings. The van der Waals surface area contributed by atoms with E-state index in [9.17, 15) is 4.79 Å². The minimum atomic E-state index is 0.0921. The standard InChI is InChI=1S/C17H19N5OS/c1-11-16(24-10-19-11)17-20-13-4-2-3-5-14(13)22(17)9-15(23)21-7-6-12(18)8-21/h2-5,10,12H,6-9,18H2,1H3/t12-/m1/s1. The van der Waals surface area contributed by atoms with Crippen LogP contribution in [-0.4, -0.2) is 44.5 Å². The molecule has 2 aromatic heterocycles. The summed E-state index contributed by atoms with van der Waals surface area (Å²) in [7, 11) is 0. The van der Waals surface area contributed by atoms with Gasteiger partial charge in [-0.05, 0) is 25.5 Å². The lowest BCUT2D eigenvalue weighted by atomic mass is 10.3. The first-order valence-corrected chi connectivity index (χ1v) is 8.90. The van der Waals surface area contributed by atoms with Crippen molar-refractivity contribution in [2.75, 3.05) is 13.1 Å². The van der Waals surface area contributed by atoms with Crippen molar-refractivity contribution < 1.29 is 4.79 Å². The number of carbonyl (C=O) groups excluding carboxylic acids is 1. The zero-order valence-corrected chi connectivity index (χ0v) is 14.3. The Hall–Kier alpha value is -2.25. The third-order valence-electron chi connectivity index (χ3n) is 4.47. The first kappa shape index (κ1) is 15.3. The van der Waals surface area contributed by atoms with Gasteiger partial charge in [-0.15, -0.1) is 11.3 Å². The van der Waals surface area contributed by atoms with E-state index >= 15 is 0 Å². The highest BCUT2D eigenvalue weighted by Gasteiger charge is 2.25. The largest absolute Gasteiger partial charge is 0.340 e. The van der Waals surface area contributed by atoms with Crippen molar-refractivity contribution in [2.24, 2.45) is 5.73 Å². The van der Waals surface area contributed by atoms with E-state index in [1.165, 1.54) is 0 Å². The summed E-state index contributed by atoms with van der Waals surface area (Å²) in [6.45, 7) is 3.62. The molecule has 24 heavy (non-hydrogen) atoms. The zero-order chi connectivity index (χ0) is 16.7. The number of fused-ring (bicyclic) bond motifs is 1. The van der Waals surface area contributed by atoms with Crippen LogP contribution in [0.25, 0.3) is 21.7 Å². The number of amides is 1. The molecule has 0 unspecified atom stereocenters. The van der Waals surface area contributed by atoms with Crippen LogP contribution < -0.4 is 5.73 Å². The van der Waals surface area contributed by atoms with Gasteiger partial charge in [0.25, 0.3) is 0 Å². The molecule has 1 atom stereocenters. The van der Waals surface area contributed by atoms with Crippen molar-refractivity contribution in [3.05, 3.63) is 35.5 Å². The van der Waals surface area contributed by atoms with Crippen molar-refractivity contribution in [1.82, 2.24) is 19.4 Å². The fourth-order valence-electron chi connectivity index (χ4n) is 3.17. The summed E-state index contributed by atoms with van der Waals surface area (Å²) in [5.74, 6) is 0.905. The van der Waals surface area contributed by atoms with E-state index in [0.29, 0.717) is 6.54 Å². The van der Waals surface area contributed by atoms with Gasteiger partial charge in [0.2, 0.25) is 5.91 Å². The molecule has 0 saturated carbocycles. The highest BCUT2D eigenvalue weighted by atomic mass is 32.1. The van der Waals surface area contributed by atoms with E-state index in [4.69, 9.17) is 10.7 Å². The normalized spacial score (nSPS) is 17.8. The van der Waals surface area contributed by atoms with Crippen LogP contribution in [0.1, 0.15) is 12.1 Å². The quantitative estimate of drug-likeness (QED) is 0.791. The lowest BCUT2D eigenvalue weighted by molar-refractivity contribution is -0.130. The number of aryl methyl sites for hydroxylation is 1. The van der Waals surface area contributed by atoms with Crippen molar-refractivity contribution in [3.8, 4) is 10.7 Å². The maximum absolute atomic E-state index is 12.7. The lowest BCUT2D eigenvalue weighted by Crippen LogP contribution is -2.34. The van der Waals surface area contributed by atoms with Crippen molar-refractivity contribution >= 4 is 28.3 Å². The smallest absolute Gasteiger partial charge is 0.242 e. The number of thiazole rings is 1. The number of nitrogens with two attached hydrogens (primary N) is 1. The SMILES string of the molecule is Cc1ncsc1-c1nc2ccccc2n1CC(=O)N1CC[C@@H](N)C1. The van der Waals surface area contributed by atoms with Crippen LogP contribution in [0.15, 0.2) is 29.8 Å². The number of rotatable bonds is 3. The molecule has 0 spiro atoms. The Kier molecular flexibility index (Phi) is 3.82. The average Bonchev–Trinajstić information content (AvgIpc) is 3.27. The summed E-state index contributed by atoms with van der Waals surface area (Å²) < 4.78 is 2.00. The summed E-state index contributed by atoms with van der Waals surface area (Å²) in [6, 6.07) is 8.01. The Balaban J connectivity index is 1.76. The number of carbonyl (C=O) groups is 1. The van der Waals surface area contributed by atoms with E-state index in [0.717, 1.165) is 40.4 Å². The molecule has 124 valence electrons. The monoisotopic (exact) mass is 341 g/mol. The van der Waals surface area contributed by atoms with Gasteiger partial charge in [0.1, 0.15) is 6.54 Å². The minimum Gasteiger partial charge on any atom is -0.340 e. The van der Waals surface area contributed by atoms with Gasteiger partial charge in [-0.2, -0.15) is 0 Å². The Morgan fingerprint density at radius 2 is 2.25 bits per heavy atom. The predicted octanol–water partition coefficient (Wildman–Crippen LogP) is 2.03. The van der Waals surface area contributed by atoms with Crippen LogP contribution >= 0.6 is 11.3 Å². The fraction of sp³-hybridized carbons (Fsp3) is 0.353. The van der Waals surface area contributed by atoms with E-state index < -0.39 is 0 Å². The third-order valence-corrected chi connectivity index (χ3v) is 5.40. The molecular weight excluding hydrogens is 322 g/mol. The average molecular weight is 341 g/mol. The Morgan fingerprint density at radius 3 is 2.96 bits per heavy atom. The highest BCUT2D eigenvalue weighted by molar-refractivity contribution is 7.13. The first-order valence-electron chi connectivity index (χ1n) is 8.02. The molecule has 6 nitrogen and oxygen atoms in total. The molecule has 1 aromatic carbocycles. The number of aromatic nitrogens is 3. The molecule has 3 heterocycles. The maximum Gasteiger partial charge on any atom is 0.242 e. The molecule has 1 fully saturated rings. The maximum atomic E-state index is 12.7. The summed E-state index contributed by atoms with van der Waals surface area (Å²) in [5, 5.41) is 0. The number of nitrogens with zero attached hydrogens (tertiary/aromatic N) is 4. The van der Waals surface area contributed by atoms with Gasteiger partial charge in [-0.3, -0.25) is 4.79 Å². The summed E-state index contributed by atoms with van der Waals surface area (Å²) in [5.41, 5.74) is 10.6. The van der Waals surface area contributed by atoms with Crippen LogP contribution in [0.5, 0.6) is 0 Å². The van der Waals surface area contributed by atoms with E-state index in [1.807, 2.05) is 46.2 Å². The minimum absolute atomic E-state index is 0.0921. The zero-order valence-electron chi connectivity index (χ0n) is 13.5. The second-order valence-electron chi connectivity index (χ2n) is 6.17. The molecule has 1 aliphatic heterocycles. The number of imidazole rings is 1. The third kappa shape index (κ3) is 2.59. The lowest BCUT2D eigenvalue weighted by Gasteiger charge is -2.17. The van der Waals surface area contributed by atoms with Crippen molar-refractivity contribution in [1.29, 1.82) is 0 Å². The van der Waals surface area contributed by atoms with Gasteiger partial charge >= 0.3 is 0 Å². The number of para-hydroxylation sites is 2. The molecular formula is C17H19N5OS. The van der Waals surface area contributed by atoms with Gasteiger partial charge in [0, 0.05) is 19.1 Å². The predicted molar refractivity (Wildman–Crippen MR) is 94.8 cm³/mol. The van der Waals surface area contributed by atoms with Gasteiger partial charge < -0.3 is 15.2 Å². The van der Waals surface area contributed by atoms with Crippen molar-refractivity contribution in [2.45, 2.75) is 25.9 Å². The molecule has 0 bridgehead atoms. The van der Waals surface area contributed by atoms with E-state index in [1.54, 1.807) is 11.3 Å². The molecule has 4 rings (SSSR count). The fourth-order valence-corrected chi connectivity index (χ4v) is 3.98. The molecule has 7 heteroatoms. The van der Waals surface area contributed by atoms with Crippen LogP contribution in [-0.2, 0) is 11.3 Å².